The number of amides is 2. The molecule has 2 heterocycles. The Morgan fingerprint density at radius 1 is 1.04 bits per heavy atom. The molecule has 142 valence electrons. The predicted octanol–water partition coefficient (Wildman–Crippen LogP) is 4.53. The van der Waals surface area contributed by atoms with Gasteiger partial charge in [-0.25, -0.2) is 9.18 Å². The number of nitrogens with one attached hydrogen (secondary N) is 2. The first-order chi connectivity index (χ1) is 13.2. The fourth-order valence-corrected chi connectivity index (χ4v) is 4.57. The molecule has 5 heteroatoms. The van der Waals surface area contributed by atoms with E-state index in [2.05, 4.69) is 45.9 Å². The summed E-state index contributed by atoms with van der Waals surface area (Å²) in [6, 6.07) is 17.5. The molecule has 0 radical (unpaired) electrons. The van der Waals surface area contributed by atoms with Crippen molar-refractivity contribution in [2.24, 2.45) is 0 Å². The molecule has 2 atom stereocenters. The van der Waals surface area contributed by atoms with E-state index in [9.17, 15) is 9.18 Å². The lowest BCUT2D eigenvalue weighted by Crippen LogP contribution is -2.56. The first-order valence-electron chi connectivity index (χ1n) is 9.80. The number of anilines is 1. The van der Waals surface area contributed by atoms with Gasteiger partial charge in [0.15, 0.2) is 0 Å². The van der Waals surface area contributed by atoms with Crippen molar-refractivity contribution < 1.29 is 9.18 Å². The summed E-state index contributed by atoms with van der Waals surface area (Å²) in [5.74, 6) is -0.350. The van der Waals surface area contributed by atoms with Crippen LogP contribution in [-0.4, -0.2) is 29.1 Å². The smallest absolute Gasteiger partial charge is 0.319 e. The van der Waals surface area contributed by atoms with Crippen LogP contribution < -0.4 is 10.6 Å². The van der Waals surface area contributed by atoms with Crippen LogP contribution in [0.4, 0.5) is 14.9 Å². The second-order valence-electron chi connectivity index (χ2n) is 7.67. The molecule has 2 saturated heterocycles. The van der Waals surface area contributed by atoms with Gasteiger partial charge >= 0.3 is 6.03 Å². The Morgan fingerprint density at radius 2 is 1.78 bits per heavy atom. The number of nitrogens with zero attached hydrogens (tertiary/aromatic N) is 1. The Kier molecular flexibility index (Phi) is 5.39. The number of carbonyl (C=O) groups is 1. The number of hydrogen-bond donors (Lipinski definition) is 2. The van der Waals surface area contributed by atoms with Crippen LogP contribution in [0.2, 0.25) is 0 Å². The summed E-state index contributed by atoms with van der Waals surface area (Å²) in [6.45, 7) is 0.985. The fourth-order valence-electron chi connectivity index (χ4n) is 4.57. The van der Waals surface area contributed by atoms with Gasteiger partial charge in [-0.2, -0.15) is 0 Å². The highest BCUT2D eigenvalue weighted by Crippen LogP contribution is 2.35. The van der Waals surface area contributed by atoms with Crippen molar-refractivity contribution in [3.8, 4) is 0 Å². The Labute approximate surface area is 159 Å². The zero-order chi connectivity index (χ0) is 18.6. The SMILES string of the molecule is O=C(Nc1cccc(F)c1)NC1C[C@@H]2CCC[C@@H](C1)N2Cc1ccccc1. The summed E-state index contributed by atoms with van der Waals surface area (Å²) in [5, 5.41) is 5.84. The Balaban J connectivity index is 1.36. The predicted molar refractivity (Wildman–Crippen MR) is 105 cm³/mol. The molecule has 0 spiro atoms. The van der Waals surface area contributed by atoms with Crippen LogP contribution in [0.5, 0.6) is 0 Å². The number of benzene rings is 2. The van der Waals surface area contributed by atoms with Crippen molar-refractivity contribution in [1.82, 2.24) is 10.2 Å². The third kappa shape index (κ3) is 4.48. The molecule has 27 heavy (non-hydrogen) atoms. The van der Waals surface area contributed by atoms with Gasteiger partial charge in [-0.15, -0.1) is 0 Å². The van der Waals surface area contributed by atoms with E-state index in [1.54, 1.807) is 12.1 Å². The molecular weight excluding hydrogens is 341 g/mol. The second kappa shape index (κ2) is 8.09. The quantitative estimate of drug-likeness (QED) is 0.834. The van der Waals surface area contributed by atoms with Gasteiger partial charge in [0.2, 0.25) is 0 Å². The number of piperidine rings is 2. The molecule has 0 unspecified atom stereocenters. The lowest BCUT2D eigenvalue weighted by Gasteiger charge is -2.49. The lowest BCUT2D eigenvalue weighted by molar-refractivity contribution is 0.0200. The number of rotatable bonds is 4. The van der Waals surface area contributed by atoms with Gasteiger partial charge in [0.05, 0.1) is 0 Å². The monoisotopic (exact) mass is 367 g/mol. The highest BCUT2D eigenvalue weighted by molar-refractivity contribution is 5.89. The average Bonchev–Trinajstić information content (AvgIpc) is 2.63. The van der Waals surface area contributed by atoms with Crippen molar-refractivity contribution >= 4 is 11.7 Å². The Hall–Kier alpha value is -2.40. The number of hydrogen-bond acceptors (Lipinski definition) is 2. The van der Waals surface area contributed by atoms with Crippen molar-refractivity contribution in [2.45, 2.75) is 56.8 Å². The first kappa shape index (κ1) is 18.0. The van der Waals surface area contributed by atoms with Crippen LogP contribution >= 0.6 is 0 Å². The molecule has 2 aromatic rings. The molecule has 0 aliphatic carbocycles. The van der Waals surface area contributed by atoms with E-state index >= 15 is 0 Å². The molecule has 4 nitrogen and oxygen atoms in total. The van der Waals surface area contributed by atoms with Crippen LogP contribution in [0.15, 0.2) is 54.6 Å². The van der Waals surface area contributed by atoms with E-state index in [0.717, 1.165) is 19.4 Å². The molecule has 4 rings (SSSR count). The summed E-state index contributed by atoms with van der Waals surface area (Å²) in [5.41, 5.74) is 1.83. The maximum Gasteiger partial charge on any atom is 0.319 e. The van der Waals surface area contributed by atoms with Crippen molar-refractivity contribution in [3.05, 3.63) is 66.0 Å². The molecular formula is C22H26FN3O. The molecule has 2 fully saturated rings. The molecule has 2 aliphatic heterocycles. The summed E-state index contributed by atoms with van der Waals surface area (Å²) in [7, 11) is 0. The molecule has 2 N–H and O–H groups in total. The zero-order valence-corrected chi connectivity index (χ0v) is 15.4. The van der Waals surface area contributed by atoms with Gasteiger partial charge in [-0.1, -0.05) is 42.8 Å². The number of urea groups is 1. The second-order valence-corrected chi connectivity index (χ2v) is 7.67. The minimum atomic E-state index is -0.350. The van der Waals surface area contributed by atoms with Crippen molar-refractivity contribution in [3.63, 3.8) is 0 Å². The van der Waals surface area contributed by atoms with E-state index in [-0.39, 0.29) is 17.9 Å². The largest absolute Gasteiger partial charge is 0.335 e. The van der Waals surface area contributed by atoms with E-state index < -0.39 is 0 Å². The zero-order valence-electron chi connectivity index (χ0n) is 15.4. The van der Waals surface area contributed by atoms with E-state index in [1.807, 2.05) is 0 Å². The van der Waals surface area contributed by atoms with E-state index in [0.29, 0.717) is 17.8 Å². The minimum Gasteiger partial charge on any atom is -0.335 e. The van der Waals surface area contributed by atoms with Gasteiger partial charge in [-0.3, -0.25) is 4.90 Å². The number of carbonyl (C=O) groups excluding carboxylic acids is 1. The molecule has 2 aromatic carbocycles. The molecule has 0 saturated carbocycles. The highest BCUT2D eigenvalue weighted by Gasteiger charge is 2.38. The van der Waals surface area contributed by atoms with Crippen molar-refractivity contribution in [1.29, 1.82) is 0 Å². The first-order valence-corrected chi connectivity index (χ1v) is 9.80. The summed E-state index contributed by atoms with van der Waals surface area (Å²) >= 11 is 0. The summed E-state index contributed by atoms with van der Waals surface area (Å²) < 4.78 is 13.3. The van der Waals surface area contributed by atoms with Crippen LogP contribution in [0.3, 0.4) is 0 Å². The van der Waals surface area contributed by atoms with Gasteiger partial charge in [-0.05, 0) is 49.4 Å². The van der Waals surface area contributed by atoms with E-state index in [4.69, 9.17) is 0 Å². The Bertz CT molecular complexity index is 768. The number of fused-ring (bicyclic) bond motifs is 2. The van der Waals surface area contributed by atoms with E-state index in [1.165, 1.54) is 37.0 Å². The molecule has 0 aromatic heterocycles. The van der Waals surface area contributed by atoms with Crippen LogP contribution in [-0.2, 0) is 6.54 Å². The molecule has 2 aliphatic rings. The number of halogens is 1. The van der Waals surface area contributed by atoms with Crippen molar-refractivity contribution in [2.75, 3.05) is 5.32 Å². The third-order valence-electron chi connectivity index (χ3n) is 5.75. The third-order valence-corrected chi connectivity index (χ3v) is 5.75. The summed E-state index contributed by atoms with van der Waals surface area (Å²) in [6.07, 6.45) is 5.59. The van der Waals surface area contributed by atoms with Gasteiger partial charge < -0.3 is 10.6 Å². The van der Waals surface area contributed by atoms with Crippen LogP contribution in [0, 0.1) is 5.82 Å². The van der Waals surface area contributed by atoms with Crippen LogP contribution in [0.25, 0.3) is 0 Å². The Morgan fingerprint density at radius 3 is 2.48 bits per heavy atom. The lowest BCUT2D eigenvalue weighted by atomic mass is 9.81. The molecule has 2 amide bonds. The topological polar surface area (TPSA) is 44.4 Å². The highest BCUT2D eigenvalue weighted by atomic mass is 19.1. The van der Waals surface area contributed by atoms with Gasteiger partial charge in [0.25, 0.3) is 0 Å². The standard InChI is InChI=1S/C22H26FN3O/c23-17-8-4-9-18(12-17)24-22(27)25-19-13-20-10-5-11-21(14-19)26(20)15-16-6-2-1-3-7-16/h1-4,6-9,12,19-21H,5,10-11,13-15H2,(H2,24,25,27)/t20-,21-/m0/s1. The molecule has 2 bridgehead atoms. The van der Waals surface area contributed by atoms with Gasteiger partial charge in [0.1, 0.15) is 5.82 Å². The maximum atomic E-state index is 13.3. The minimum absolute atomic E-state index is 0.167. The average molecular weight is 367 g/mol. The summed E-state index contributed by atoms with van der Waals surface area (Å²) in [4.78, 5) is 15.0. The normalized spacial score (nSPS) is 25.0. The maximum absolute atomic E-state index is 13.3. The van der Waals surface area contributed by atoms with Crippen LogP contribution in [0.1, 0.15) is 37.7 Å². The fraction of sp³-hybridized carbons (Fsp3) is 0.409. The van der Waals surface area contributed by atoms with Gasteiger partial charge in [0, 0.05) is 30.4 Å².